The smallest absolute Gasteiger partial charge is 0.225 e. The average Bonchev–Trinajstić information content (AvgIpc) is 3.18. The van der Waals surface area contributed by atoms with Crippen LogP contribution in [0.25, 0.3) is 0 Å². The molecule has 2 fully saturated rings. The Hall–Kier alpha value is -0.730. The van der Waals surface area contributed by atoms with Gasteiger partial charge in [0, 0.05) is 38.6 Å². The van der Waals surface area contributed by atoms with E-state index in [2.05, 4.69) is 25.9 Å². The minimum Gasteiger partial charge on any atom is -0.339 e. The molecule has 0 amide bonds. The van der Waals surface area contributed by atoms with Gasteiger partial charge in [-0.1, -0.05) is 0 Å². The van der Waals surface area contributed by atoms with Gasteiger partial charge in [0.25, 0.3) is 0 Å². The summed E-state index contributed by atoms with van der Waals surface area (Å²) in [6, 6.07) is 0.0212. The summed E-state index contributed by atoms with van der Waals surface area (Å²) >= 11 is 3.31. The van der Waals surface area contributed by atoms with Gasteiger partial charge in [-0.05, 0) is 35.2 Å². The number of halogens is 1. The van der Waals surface area contributed by atoms with Gasteiger partial charge < -0.3 is 4.90 Å². The Balaban J connectivity index is 1.69. The molecule has 3 rings (SSSR count). The lowest BCUT2D eigenvalue weighted by atomic mass is 10.3. The zero-order chi connectivity index (χ0) is 14.3. The zero-order valence-electron chi connectivity index (χ0n) is 11.2. The first-order valence-electron chi connectivity index (χ1n) is 6.68. The van der Waals surface area contributed by atoms with Gasteiger partial charge in [-0.2, -0.15) is 4.31 Å². The molecular formula is C12H17BrN4O2S. The summed E-state index contributed by atoms with van der Waals surface area (Å²) in [7, 11) is -1.40. The Morgan fingerprint density at radius 2 is 1.95 bits per heavy atom. The van der Waals surface area contributed by atoms with Gasteiger partial charge in [0.05, 0.1) is 9.72 Å². The monoisotopic (exact) mass is 360 g/mol. The van der Waals surface area contributed by atoms with Crippen molar-refractivity contribution in [2.45, 2.75) is 30.6 Å². The molecule has 1 aliphatic heterocycles. The molecule has 2 aliphatic rings. The number of sulfonamides is 1. The van der Waals surface area contributed by atoms with Gasteiger partial charge in [-0.25, -0.2) is 18.4 Å². The Morgan fingerprint density at radius 3 is 2.55 bits per heavy atom. The second-order valence-corrected chi connectivity index (χ2v) is 8.54. The van der Waals surface area contributed by atoms with Gasteiger partial charge in [0.15, 0.2) is 0 Å². The van der Waals surface area contributed by atoms with Crippen molar-refractivity contribution in [3.05, 3.63) is 16.9 Å². The number of hydrogen-bond acceptors (Lipinski definition) is 5. The summed E-state index contributed by atoms with van der Waals surface area (Å²) in [5, 5.41) is -0.148. The second-order valence-electron chi connectivity index (χ2n) is 5.35. The summed E-state index contributed by atoms with van der Waals surface area (Å²) in [6.07, 6.45) is 5.85. The van der Waals surface area contributed by atoms with Crippen LogP contribution in [0.5, 0.6) is 0 Å². The van der Waals surface area contributed by atoms with E-state index in [9.17, 15) is 8.42 Å². The van der Waals surface area contributed by atoms with Crippen molar-refractivity contribution in [3.8, 4) is 0 Å². The minimum absolute atomic E-state index is 0.0212. The maximum absolute atomic E-state index is 12.2. The lowest BCUT2D eigenvalue weighted by Gasteiger charge is -2.24. The van der Waals surface area contributed by atoms with Crippen molar-refractivity contribution in [2.75, 3.05) is 25.0 Å². The van der Waals surface area contributed by atoms with Crippen molar-refractivity contribution in [1.82, 2.24) is 14.3 Å². The number of nitrogens with zero attached hydrogens (tertiary/aromatic N) is 4. The second kappa shape index (κ2) is 5.23. The number of hydrogen-bond donors (Lipinski definition) is 0. The molecule has 8 heteroatoms. The van der Waals surface area contributed by atoms with Gasteiger partial charge in [-0.15, -0.1) is 0 Å². The highest BCUT2D eigenvalue weighted by Crippen LogP contribution is 2.32. The van der Waals surface area contributed by atoms with Crippen LogP contribution in [-0.4, -0.2) is 54.1 Å². The van der Waals surface area contributed by atoms with Crippen molar-refractivity contribution < 1.29 is 8.42 Å². The van der Waals surface area contributed by atoms with Crippen LogP contribution in [0.15, 0.2) is 16.9 Å². The normalized spacial score (nSPS) is 23.6. The first-order valence-corrected chi connectivity index (χ1v) is 8.97. The van der Waals surface area contributed by atoms with E-state index in [0.29, 0.717) is 12.5 Å². The van der Waals surface area contributed by atoms with E-state index in [4.69, 9.17) is 0 Å². The Labute approximate surface area is 127 Å². The van der Waals surface area contributed by atoms with E-state index in [0.717, 1.165) is 30.3 Å². The van der Waals surface area contributed by atoms with Crippen molar-refractivity contribution in [2.24, 2.45) is 0 Å². The molecule has 0 aromatic carbocycles. The van der Waals surface area contributed by atoms with Crippen LogP contribution in [0, 0.1) is 0 Å². The lowest BCUT2D eigenvalue weighted by molar-refractivity contribution is 0.389. The topological polar surface area (TPSA) is 66.4 Å². The van der Waals surface area contributed by atoms with Crippen LogP contribution in [-0.2, 0) is 10.0 Å². The van der Waals surface area contributed by atoms with Crippen LogP contribution in [0.2, 0.25) is 0 Å². The summed E-state index contributed by atoms with van der Waals surface area (Å²) in [4.78, 5) is 10.6. The molecule has 6 nitrogen and oxygen atoms in total. The summed E-state index contributed by atoms with van der Waals surface area (Å²) in [5.41, 5.74) is 0. The lowest BCUT2D eigenvalue weighted by Crippen LogP contribution is -2.40. The largest absolute Gasteiger partial charge is 0.339 e. The number of anilines is 1. The van der Waals surface area contributed by atoms with Gasteiger partial charge >= 0.3 is 0 Å². The predicted octanol–water partition coefficient (Wildman–Crippen LogP) is 1.24. The molecule has 0 radical (unpaired) electrons. The quantitative estimate of drug-likeness (QED) is 0.807. The summed E-state index contributed by atoms with van der Waals surface area (Å²) in [6.45, 7) is 1.45. The molecule has 1 saturated carbocycles. The third-order valence-corrected chi connectivity index (χ3v) is 6.74. The first kappa shape index (κ1) is 14.2. The maximum Gasteiger partial charge on any atom is 0.225 e. The van der Waals surface area contributed by atoms with E-state index in [1.54, 1.807) is 23.7 Å². The molecule has 1 aliphatic carbocycles. The van der Waals surface area contributed by atoms with Gasteiger partial charge in [0.1, 0.15) is 0 Å². The van der Waals surface area contributed by atoms with E-state index in [1.807, 2.05) is 4.90 Å². The van der Waals surface area contributed by atoms with Crippen molar-refractivity contribution >= 4 is 31.9 Å². The number of aromatic nitrogens is 2. The standard InChI is InChI=1S/C12H17BrN4O2S/c1-16(20(18,19)11-2-3-11)10-4-5-17(8-10)12-14-6-9(13)7-15-12/h6-7,10-11H,2-5,8H2,1H3. The molecular weight excluding hydrogens is 344 g/mol. The van der Waals surface area contributed by atoms with Crippen LogP contribution in [0.1, 0.15) is 19.3 Å². The Kier molecular flexibility index (Phi) is 3.72. The third kappa shape index (κ3) is 2.68. The van der Waals surface area contributed by atoms with Gasteiger partial charge in [-0.3, -0.25) is 0 Å². The van der Waals surface area contributed by atoms with Crippen molar-refractivity contribution in [3.63, 3.8) is 0 Å². The predicted molar refractivity (Wildman–Crippen MR) is 80.1 cm³/mol. The molecule has 1 unspecified atom stereocenters. The van der Waals surface area contributed by atoms with E-state index in [-0.39, 0.29) is 11.3 Å². The SMILES string of the molecule is CN(C1CCN(c2ncc(Br)cn2)C1)S(=O)(=O)C1CC1. The molecule has 2 heterocycles. The molecule has 0 spiro atoms. The minimum atomic E-state index is -3.10. The van der Waals surface area contributed by atoms with E-state index < -0.39 is 10.0 Å². The van der Waals surface area contributed by atoms with Crippen LogP contribution >= 0.6 is 15.9 Å². The molecule has 1 aromatic heterocycles. The Bertz CT molecular complexity index is 588. The van der Waals surface area contributed by atoms with Crippen LogP contribution < -0.4 is 4.90 Å². The fourth-order valence-electron chi connectivity index (χ4n) is 2.50. The average molecular weight is 361 g/mol. The molecule has 110 valence electrons. The number of likely N-dealkylation sites (N-methyl/N-ethyl adjacent to an activating group) is 1. The highest BCUT2D eigenvalue weighted by molar-refractivity contribution is 9.10. The Morgan fingerprint density at radius 1 is 1.30 bits per heavy atom. The fraction of sp³-hybridized carbons (Fsp3) is 0.667. The highest BCUT2D eigenvalue weighted by Gasteiger charge is 2.42. The van der Waals surface area contributed by atoms with E-state index >= 15 is 0 Å². The molecule has 0 bridgehead atoms. The highest BCUT2D eigenvalue weighted by atomic mass is 79.9. The van der Waals surface area contributed by atoms with Crippen LogP contribution in [0.3, 0.4) is 0 Å². The van der Waals surface area contributed by atoms with E-state index in [1.165, 1.54) is 0 Å². The molecule has 1 saturated heterocycles. The summed E-state index contributed by atoms with van der Waals surface area (Å²) in [5.74, 6) is 0.660. The molecule has 0 N–H and O–H groups in total. The maximum atomic E-state index is 12.2. The molecule has 1 aromatic rings. The van der Waals surface area contributed by atoms with Crippen molar-refractivity contribution in [1.29, 1.82) is 0 Å². The fourth-order valence-corrected chi connectivity index (χ4v) is 4.49. The zero-order valence-corrected chi connectivity index (χ0v) is 13.6. The third-order valence-electron chi connectivity index (χ3n) is 3.91. The molecule has 20 heavy (non-hydrogen) atoms. The van der Waals surface area contributed by atoms with Crippen LogP contribution in [0.4, 0.5) is 5.95 Å². The van der Waals surface area contributed by atoms with Gasteiger partial charge in [0.2, 0.25) is 16.0 Å². The molecule has 1 atom stereocenters. The first-order chi connectivity index (χ1) is 9.48. The summed E-state index contributed by atoms with van der Waals surface area (Å²) < 4.78 is 26.9. The number of rotatable bonds is 4.